The Morgan fingerprint density at radius 2 is 2.05 bits per heavy atom. The van der Waals surface area contributed by atoms with Crippen LogP contribution in [0.3, 0.4) is 0 Å². The van der Waals surface area contributed by atoms with Crippen molar-refractivity contribution in [2.75, 3.05) is 41.4 Å². The molecule has 3 aliphatic rings. The predicted molar refractivity (Wildman–Crippen MR) is 144 cm³/mol. The molecule has 41 heavy (non-hydrogen) atoms. The second kappa shape index (κ2) is 10.1. The summed E-state index contributed by atoms with van der Waals surface area (Å²) in [5, 5.41) is 2.83. The van der Waals surface area contributed by atoms with Crippen molar-refractivity contribution in [3.05, 3.63) is 53.9 Å². The molecule has 2 aromatic heterocycles. The molecule has 2 fully saturated rings. The van der Waals surface area contributed by atoms with Crippen LogP contribution < -0.4 is 19.9 Å². The van der Waals surface area contributed by atoms with Crippen molar-refractivity contribution < 1.29 is 32.2 Å². The molecule has 0 aliphatic carbocycles. The van der Waals surface area contributed by atoms with Gasteiger partial charge in [-0.1, -0.05) is 12.1 Å². The van der Waals surface area contributed by atoms with Gasteiger partial charge in [-0.2, -0.15) is 13.2 Å². The summed E-state index contributed by atoms with van der Waals surface area (Å²) in [6.07, 6.45) is -2.47. The SMILES string of the molecule is Cc1nc(-c2cccc(C(F)(F)F)c2)nc2c1N1CC[C@@H](C1)N2C(=O)Nc1ccc(OC[C@H]2COC(C)(C)O2)cn1. The van der Waals surface area contributed by atoms with Gasteiger partial charge in [-0.15, -0.1) is 0 Å². The molecule has 5 heterocycles. The van der Waals surface area contributed by atoms with Crippen LogP contribution in [0.25, 0.3) is 11.4 Å². The minimum absolute atomic E-state index is 0.118. The van der Waals surface area contributed by atoms with Crippen molar-refractivity contribution in [3.8, 4) is 17.1 Å². The van der Waals surface area contributed by atoms with Gasteiger partial charge in [-0.3, -0.25) is 10.2 Å². The van der Waals surface area contributed by atoms with Crippen molar-refractivity contribution in [1.29, 1.82) is 0 Å². The van der Waals surface area contributed by atoms with Crippen molar-refractivity contribution in [1.82, 2.24) is 15.0 Å². The zero-order valence-corrected chi connectivity index (χ0v) is 22.7. The van der Waals surface area contributed by atoms with Gasteiger partial charge in [0.1, 0.15) is 30.0 Å². The topological polar surface area (TPSA) is 102 Å². The Morgan fingerprint density at radius 3 is 2.76 bits per heavy atom. The van der Waals surface area contributed by atoms with Crippen LogP contribution in [-0.4, -0.2) is 65.2 Å². The van der Waals surface area contributed by atoms with Crippen molar-refractivity contribution in [2.24, 2.45) is 0 Å². The number of pyridine rings is 1. The highest BCUT2D eigenvalue weighted by Gasteiger charge is 2.42. The number of hydrogen-bond donors (Lipinski definition) is 1. The highest BCUT2D eigenvalue weighted by atomic mass is 19.4. The van der Waals surface area contributed by atoms with Crippen LogP contribution in [0.4, 0.5) is 35.3 Å². The zero-order chi connectivity index (χ0) is 28.9. The van der Waals surface area contributed by atoms with Crippen LogP contribution in [0.2, 0.25) is 0 Å². The number of alkyl halides is 3. The number of nitrogens with zero attached hydrogens (tertiary/aromatic N) is 5. The lowest BCUT2D eigenvalue weighted by Gasteiger charge is -2.36. The van der Waals surface area contributed by atoms with E-state index in [2.05, 4.69) is 25.2 Å². The van der Waals surface area contributed by atoms with E-state index in [9.17, 15) is 18.0 Å². The van der Waals surface area contributed by atoms with Crippen LogP contribution in [-0.2, 0) is 15.7 Å². The van der Waals surface area contributed by atoms with E-state index < -0.39 is 23.6 Å². The molecular weight excluding hydrogens is 541 g/mol. The Kier molecular flexibility index (Phi) is 6.73. The van der Waals surface area contributed by atoms with Crippen molar-refractivity contribution in [3.63, 3.8) is 0 Å². The van der Waals surface area contributed by atoms with Gasteiger partial charge in [0.25, 0.3) is 0 Å². The number of aromatic nitrogens is 3. The van der Waals surface area contributed by atoms with E-state index in [4.69, 9.17) is 14.2 Å². The molecule has 0 saturated carbocycles. The number of nitrogens with one attached hydrogen (secondary N) is 1. The monoisotopic (exact) mass is 570 g/mol. The number of ether oxygens (including phenoxy) is 3. The Labute approximate surface area is 234 Å². The normalized spacial score (nSPS) is 21.1. The summed E-state index contributed by atoms with van der Waals surface area (Å²) in [5.74, 6) is 0.668. The van der Waals surface area contributed by atoms with Gasteiger partial charge in [0, 0.05) is 18.7 Å². The molecular formula is C28H29F3N6O4. The summed E-state index contributed by atoms with van der Waals surface area (Å²) in [4.78, 5) is 30.7. The number of aryl methyl sites for hydroxylation is 1. The van der Waals surface area contributed by atoms with Crippen LogP contribution >= 0.6 is 0 Å². The van der Waals surface area contributed by atoms with Crippen molar-refractivity contribution in [2.45, 2.75) is 51.3 Å². The molecule has 10 nitrogen and oxygen atoms in total. The molecule has 2 saturated heterocycles. The van der Waals surface area contributed by atoms with Gasteiger partial charge in [0.15, 0.2) is 17.4 Å². The molecule has 3 aliphatic heterocycles. The fraction of sp³-hybridized carbons (Fsp3) is 0.429. The van der Waals surface area contributed by atoms with E-state index in [0.29, 0.717) is 61.5 Å². The Morgan fingerprint density at radius 1 is 1.22 bits per heavy atom. The Balaban J connectivity index is 1.22. The molecule has 216 valence electrons. The van der Waals surface area contributed by atoms with Crippen LogP contribution in [0.5, 0.6) is 5.75 Å². The second-order valence-electron chi connectivity index (χ2n) is 10.7. The molecule has 3 aromatic rings. The fourth-order valence-corrected chi connectivity index (χ4v) is 5.39. The molecule has 0 spiro atoms. The lowest BCUT2D eigenvalue weighted by molar-refractivity contribution is -0.141. The number of fused-ring (bicyclic) bond motifs is 4. The van der Waals surface area contributed by atoms with E-state index in [1.54, 1.807) is 24.0 Å². The number of amides is 2. The number of carbonyl (C=O) groups is 1. The first-order chi connectivity index (χ1) is 19.5. The maximum Gasteiger partial charge on any atom is 0.416 e. The van der Waals surface area contributed by atoms with Crippen LogP contribution in [0, 0.1) is 6.92 Å². The van der Waals surface area contributed by atoms with E-state index in [1.807, 2.05) is 13.8 Å². The average molecular weight is 571 g/mol. The lowest BCUT2D eigenvalue weighted by Crippen LogP contribution is -2.48. The standard InChI is InChI=1S/C28H29F3N6O4/c1-16-23-25(35-24(33-16)17-5-4-6-18(11-17)28(29,30)31)37(19-9-10-36(23)13-19)26(38)34-22-8-7-20(12-32-22)39-14-21-15-40-27(2,3)41-21/h4-8,11-12,19,21H,9-10,13-15H2,1-3H3,(H,32,34,38)/t19-,21-/m0/s1. The molecule has 1 aromatic carbocycles. The first-order valence-electron chi connectivity index (χ1n) is 13.3. The third kappa shape index (κ3) is 5.51. The van der Waals surface area contributed by atoms with Crippen LogP contribution in [0.15, 0.2) is 42.6 Å². The third-order valence-electron chi connectivity index (χ3n) is 7.25. The van der Waals surface area contributed by atoms with E-state index in [1.165, 1.54) is 18.3 Å². The molecule has 2 bridgehead atoms. The molecule has 2 amide bonds. The van der Waals surface area contributed by atoms with Gasteiger partial charge >= 0.3 is 12.2 Å². The van der Waals surface area contributed by atoms with Gasteiger partial charge in [0.2, 0.25) is 0 Å². The molecule has 0 radical (unpaired) electrons. The lowest BCUT2D eigenvalue weighted by atomic mass is 10.1. The summed E-state index contributed by atoms with van der Waals surface area (Å²) >= 11 is 0. The molecule has 1 N–H and O–H groups in total. The molecule has 6 rings (SSSR count). The van der Waals surface area contributed by atoms with E-state index >= 15 is 0 Å². The minimum Gasteiger partial charge on any atom is -0.489 e. The number of rotatable bonds is 5. The smallest absolute Gasteiger partial charge is 0.416 e. The summed E-state index contributed by atoms with van der Waals surface area (Å²) in [6.45, 7) is 7.51. The maximum absolute atomic E-state index is 13.6. The fourth-order valence-electron chi connectivity index (χ4n) is 5.39. The first kappa shape index (κ1) is 27.2. The quantitative estimate of drug-likeness (QED) is 0.456. The molecule has 0 unspecified atom stereocenters. The average Bonchev–Trinajstić information content (AvgIpc) is 3.50. The third-order valence-corrected chi connectivity index (χ3v) is 7.25. The number of halogens is 3. The maximum atomic E-state index is 13.6. The summed E-state index contributed by atoms with van der Waals surface area (Å²) in [5.41, 5.74) is 0.705. The van der Waals surface area contributed by atoms with E-state index in [0.717, 1.165) is 12.1 Å². The molecule has 2 atom stereocenters. The van der Waals surface area contributed by atoms with E-state index in [-0.39, 0.29) is 23.5 Å². The van der Waals surface area contributed by atoms with Gasteiger partial charge in [-0.05, 0) is 51.5 Å². The summed E-state index contributed by atoms with van der Waals surface area (Å²) < 4.78 is 57.1. The Hall–Kier alpha value is -3.97. The number of hydrogen-bond acceptors (Lipinski definition) is 8. The second-order valence-corrected chi connectivity index (χ2v) is 10.7. The highest BCUT2D eigenvalue weighted by molar-refractivity contribution is 6.04. The summed E-state index contributed by atoms with van der Waals surface area (Å²) in [7, 11) is 0. The van der Waals surface area contributed by atoms with Gasteiger partial charge in [0.05, 0.1) is 30.1 Å². The number of urea groups is 1. The summed E-state index contributed by atoms with van der Waals surface area (Å²) in [6, 6.07) is 7.60. The Bertz CT molecular complexity index is 1470. The number of anilines is 3. The largest absolute Gasteiger partial charge is 0.489 e. The van der Waals surface area contributed by atoms with Crippen LogP contribution in [0.1, 0.15) is 31.5 Å². The van der Waals surface area contributed by atoms with Crippen molar-refractivity contribution >= 4 is 23.4 Å². The number of benzene rings is 1. The van der Waals surface area contributed by atoms with Gasteiger partial charge in [-0.25, -0.2) is 19.7 Å². The predicted octanol–water partition coefficient (Wildman–Crippen LogP) is 5.03. The minimum atomic E-state index is -4.50. The highest BCUT2D eigenvalue weighted by Crippen LogP contribution is 2.42. The van der Waals surface area contributed by atoms with Gasteiger partial charge < -0.3 is 19.1 Å². The zero-order valence-electron chi connectivity index (χ0n) is 22.7. The molecule has 13 heteroatoms. The number of carbonyl (C=O) groups excluding carboxylic acids is 1. The first-order valence-corrected chi connectivity index (χ1v) is 13.3.